The molecule has 0 aliphatic rings. The molecule has 0 fully saturated rings. The number of carbonyl (C=O) groups is 1. The van der Waals surface area contributed by atoms with Crippen molar-refractivity contribution in [3.63, 3.8) is 0 Å². The van der Waals surface area contributed by atoms with Crippen molar-refractivity contribution >= 4 is 11.7 Å². The number of carboxylic acid groups (broad SMARTS) is 1. The SMILES string of the molecule is CCOCC(C)N(CCC(=O)O)c1ccccc1. The molecule has 0 aliphatic carbocycles. The van der Waals surface area contributed by atoms with E-state index in [0.717, 1.165) is 5.69 Å². The highest BCUT2D eigenvalue weighted by Crippen LogP contribution is 2.17. The van der Waals surface area contributed by atoms with Gasteiger partial charge >= 0.3 is 5.97 Å². The number of aliphatic carboxylic acids is 1. The second-order valence-electron chi connectivity index (χ2n) is 4.18. The van der Waals surface area contributed by atoms with Gasteiger partial charge in [-0.05, 0) is 26.0 Å². The highest BCUT2D eigenvalue weighted by atomic mass is 16.5. The van der Waals surface area contributed by atoms with Crippen molar-refractivity contribution in [1.29, 1.82) is 0 Å². The van der Waals surface area contributed by atoms with Crippen molar-refractivity contribution in [3.8, 4) is 0 Å². The first kappa shape index (κ1) is 14.5. The number of benzene rings is 1. The van der Waals surface area contributed by atoms with Gasteiger partial charge in [-0.3, -0.25) is 4.79 Å². The summed E-state index contributed by atoms with van der Waals surface area (Å²) in [5.41, 5.74) is 1.03. The normalized spacial score (nSPS) is 12.1. The van der Waals surface area contributed by atoms with Crippen molar-refractivity contribution in [1.82, 2.24) is 0 Å². The molecule has 0 aliphatic heterocycles. The lowest BCUT2D eigenvalue weighted by molar-refractivity contribution is -0.136. The van der Waals surface area contributed by atoms with Gasteiger partial charge < -0.3 is 14.7 Å². The molecular formula is C14H21NO3. The molecule has 0 bridgehead atoms. The molecule has 18 heavy (non-hydrogen) atoms. The van der Waals surface area contributed by atoms with Crippen LogP contribution in [0, 0.1) is 0 Å². The highest BCUT2D eigenvalue weighted by molar-refractivity contribution is 5.67. The van der Waals surface area contributed by atoms with E-state index in [0.29, 0.717) is 19.8 Å². The van der Waals surface area contributed by atoms with Crippen molar-refractivity contribution in [2.75, 3.05) is 24.7 Å². The first-order valence-corrected chi connectivity index (χ1v) is 6.26. The fourth-order valence-electron chi connectivity index (χ4n) is 1.82. The number of hydrogen-bond donors (Lipinski definition) is 1. The number of para-hydroxylation sites is 1. The fourth-order valence-corrected chi connectivity index (χ4v) is 1.82. The Morgan fingerprint density at radius 2 is 2.06 bits per heavy atom. The van der Waals surface area contributed by atoms with Crippen LogP contribution in [0.25, 0.3) is 0 Å². The lowest BCUT2D eigenvalue weighted by atomic mass is 10.2. The smallest absolute Gasteiger partial charge is 0.305 e. The fraction of sp³-hybridized carbons (Fsp3) is 0.500. The zero-order chi connectivity index (χ0) is 13.4. The third kappa shape index (κ3) is 4.75. The van der Waals surface area contributed by atoms with Crippen LogP contribution in [0.1, 0.15) is 20.3 Å². The first-order valence-electron chi connectivity index (χ1n) is 6.26. The number of ether oxygens (including phenoxy) is 1. The van der Waals surface area contributed by atoms with E-state index in [4.69, 9.17) is 9.84 Å². The van der Waals surface area contributed by atoms with Crippen LogP contribution in [0.3, 0.4) is 0 Å². The maximum atomic E-state index is 10.7. The van der Waals surface area contributed by atoms with Crippen LogP contribution in [0.15, 0.2) is 30.3 Å². The van der Waals surface area contributed by atoms with Gasteiger partial charge in [0.25, 0.3) is 0 Å². The number of anilines is 1. The van der Waals surface area contributed by atoms with E-state index in [9.17, 15) is 4.79 Å². The summed E-state index contributed by atoms with van der Waals surface area (Å²) in [7, 11) is 0. The molecule has 0 radical (unpaired) electrons. The number of hydrogen-bond acceptors (Lipinski definition) is 3. The molecule has 0 saturated heterocycles. The standard InChI is InChI=1S/C14H21NO3/c1-3-18-11-12(2)15(10-9-14(16)17)13-7-5-4-6-8-13/h4-8,12H,3,9-11H2,1-2H3,(H,16,17). The van der Waals surface area contributed by atoms with Gasteiger partial charge in [0.1, 0.15) is 0 Å². The van der Waals surface area contributed by atoms with E-state index in [2.05, 4.69) is 4.90 Å². The van der Waals surface area contributed by atoms with Crippen LogP contribution in [0.5, 0.6) is 0 Å². The second kappa shape index (κ2) is 7.71. The highest BCUT2D eigenvalue weighted by Gasteiger charge is 2.15. The summed E-state index contributed by atoms with van der Waals surface area (Å²) in [6.45, 7) is 5.77. The van der Waals surface area contributed by atoms with E-state index in [1.807, 2.05) is 44.2 Å². The largest absolute Gasteiger partial charge is 0.481 e. The van der Waals surface area contributed by atoms with Gasteiger partial charge in [-0.1, -0.05) is 18.2 Å². The molecule has 0 spiro atoms. The summed E-state index contributed by atoms with van der Waals surface area (Å²) in [5.74, 6) is -0.778. The van der Waals surface area contributed by atoms with Gasteiger partial charge in [-0.2, -0.15) is 0 Å². The van der Waals surface area contributed by atoms with E-state index in [1.54, 1.807) is 0 Å². The topological polar surface area (TPSA) is 49.8 Å². The van der Waals surface area contributed by atoms with Gasteiger partial charge in [-0.15, -0.1) is 0 Å². The molecule has 1 unspecified atom stereocenters. The Balaban J connectivity index is 2.71. The van der Waals surface area contributed by atoms with E-state index in [-0.39, 0.29) is 12.5 Å². The molecule has 1 aromatic rings. The van der Waals surface area contributed by atoms with Crippen LogP contribution >= 0.6 is 0 Å². The minimum Gasteiger partial charge on any atom is -0.481 e. The summed E-state index contributed by atoms with van der Waals surface area (Å²) < 4.78 is 5.42. The molecule has 1 rings (SSSR count). The van der Waals surface area contributed by atoms with Crippen molar-refractivity contribution < 1.29 is 14.6 Å². The molecule has 100 valence electrons. The molecule has 1 N–H and O–H groups in total. The summed E-state index contributed by atoms with van der Waals surface area (Å²) in [4.78, 5) is 12.8. The quantitative estimate of drug-likeness (QED) is 0.770. The second-order valence-corrected chi connectivity index (χ2v) is 4.18. The van der Waals surface area contributed by atoms with Gasteiger partial charge in [0, 0.05) is 24.9 Å². The number of carboxylic acids is 1. The van der Waals surface area contributed by atoms with Crippen LogP contribution in [-0.4, -0.2) is 36.9 Å². The van der Waals surface area contributed by atoms with Crippen molar-refractivity contribution in [2.45, 2.75) is 26.3 Å². The Bertz CT molecular complexity index is 353. The number of rotatable bonds is 8. The van der Waals surface area contributed by atoms with Gasteiger partial charge in [0.2, 0.25) is 0 Å². The minimum atomic E-state index is -0.778. The molecule has 0 aromatic heterocycles. The van der Waals surface area contributed by atoms with Gasteiger partial charge in [0.15, 0.2) is 0 Å². The molecule has 4 nitrogen and oxygen atoms in total. The van der Waals surface area contributed by atoms with Crippen LogP contribution in [0.4, 0.5) is 5.69 Å². The zero-order valence-electron chi connectivity index (χ0n) is 11.0. The molecule has 1 atom stereocenters. The monoisotopic (exact) mass is 251 g/mol. The van der Waals surface area contributed by atoms with E-state index in [1.165, 1.54) is 0 Å². The lowest BCUT2D eigenvalue weighted by Gasteiger charge is -2.30. The summed E-state index contributed by atoms with van der Waals surface area (Å²) in [5, 5.41) is 8.81. The Morgan fingerprint density at radius 1 is 1.39 bits per heavy atom. The van der Waals surface area contributed by atoms with Gasteiger partial charge in [0.05, 0.1) is 13.0 Å². The third-order valence-electron chi connectivity index (χ3n) is 2.75. The van der Waals surface area contributed by atoms with E-state index < -0.39 is 5.97 Å². The summed E-state index contributed by atoms with van der Waals surface area (Å²) in [6, 6.07) is 10.00. The maximum Gasteiger partial charge on any atom is 0.305 e. The Kier molecular flexibility index (Phi) is 6.22. The average molecular weight is 251 g/mol. The molecule has 0 saturated carbocycles. The van der Waals surface area contributed by atoms with Crippen molar-refractivity contribution in [2.24, 2.45) is 0 Å². The average Bonchev–Trinajstić information content (AvgIpc) is 2.37. The van der Waals surface area contributed by atoms with Crippen LogP contribution in [-0.2, 0) is 9.53 Å². The molecule has 0 heterocycles. The maximum absolute atomic E-state index is 10.7. The predicted octanol–water partition coefficient (Wildman–Crippen LogP) is 2.39. The lowest BCUT2D eigenvalue weighted by Crippen LogP contribution is -2.38. The number of nitrogens with zero attached hydrogens (tertiary/aromatic N) is 1. The Hall–Kier alpha value is -1.55. The summed E-state index contributed by atoms with van der Waals surface area (Å²) >= 11 is 0. The van der Waals surface area contributed by atoms with Gasteiger partial charge in [-0.25, -0.2) is 0 Å². The van der Waals surface area contributed by atoms with Crippen LogP contribution in [0.2, 0.25) is 0 Å². The summed E-state index contributed by atoms with van der Waals surface area (Å²) in [6.07, 6.45) is 0.130. The first-order chi connectivity index (χ1) is 8.65. The Labute approximate surface area is 108 Å². The third-order valence-corrected chi connectivity index (χ3v) is 2.75. The predicted molar refractivity (Wildman–Crippen MR) is 72.0 cm³/mol. The molecule has 0 amide bonds. The Morgan fingerprint density at radius 3 is 2.61 bits per heavy atom. The van der Waals surface area contributed by atoms with Crippen molar-refractivity contribution in [3.05, 3.63) is 30.3 Å². The minimum absolute atomic E-state index is 0.130. The molecule has 1 aromatic carbocycles. The van der Waals surface area contributed by atoms with Crippen LogP contribution < -0.4 is 4.90 Å². The molecule has 4 heteroatoms. The molecular weight excluding hydrogens is 230 g/mol. The van der Waals surface area contributed by atoms with E-state index >= 15 is 0 Å². The zero-order valence-corrected chi connectivity index (χ0v) is 11.0.